The quantitative estimate of drug-likeness (QED) is 0.719. The normalized spacial score (nSPS) is 12.5. The van der Waals surface area contributed by atoms with E-state index >= 15 is 0 Å². The van der Waals surface area contributed by atoms with Crippen molar-refractivity contribution in [2.24, 2.45) is 5.92 Å². The lowest BCUT2D eigenvalue weighted by atomic mass is 9.97. The molecule has 16 heavy (non-hydrogen) atoms. The third-order valence-electron chi connectivity index (χ3n) is 2.47. The first-order chi connectivity index (χ1) is 7.54. The number of hydrogen-bond acceptors (Lipinski definition) is 2. The molecule has 0 N–H and O–H groups in total. The first kappa shape index (κ1) is 12.8. The van der Waals surface area contributed by atoms with Gasteiger partial charge in [-0.05, 0) is 36.6 Å². The van der Waals surface area contributed by atoms with E-state index in [1.165, 1.54) is 12.1 Å². The van der Waals surface area contributed by atoms with Crippen LogP contribution in [-0.2, 0) is 4.74 Å². The summed E-state index contributed by atoms with van der Waals surface area (Å²) in [6.07, 6.45) is 0.431. The Kier molecular flexibility index (Phi) is 4.62. The lowest BCUT2D eigenvalue weighted by molar-refractivity contribution is 0.0919. The van der Waals surface area contributed by atoms with E-state index < -0.39 is 0 Å². The summed E-state index contributed by atoms with van der Waals surface area (Å²) in [4.78, 5) is 11.9. The largest absolute Gasteiger partial charge is 0.384 e. The summed E-state index contributed by atoms with van der Waals surface area (Å²) >= 11 is 0. The number of ketones is 1. The third-order valence-corrected chi connectivity index (χ3v) is 2.47. The van der Waals surface area contributed by atoms with Gasteiger partial charge in [0.2, 0.25) is 0 Å². The molecule has 0 fully saturated rings. The fourth-order valence-electron chi connectivity index (χ4n) is 1.71. The highest BCUT2D eigenvalue weighted by atomic mass is 19.1. The van der Waals surface area contributed by atoms with Crippen molar-refractivity contribution in [1.29, 1.82) is 0 Å². The van der Waals surface area contributed by atoms with E-state index in [0.29, 0.717) is 24.2 Å². The highest BCUT2D eigenvalue weighted by Gasteiger charge is 2.13. The van der Waals surface area contributed by atoms with Gasteiger partial charge >= 0.3 is 0 Å². The molecular weight excluding hydrogens is 207 g/mol. The van der Waals surface area contributed by atoms with Crippen LogP contribution in [0.25, 0.3) is 0 Å². The average Bonchev–Trinajstić information content (AvgIpc) is 2.17. The number of methoxy groups -OCH3 is 1. The summed E-state index contributed by atoms with van der Waals surface area (Å²) in [5, 5.41) is 0. The maximum Gasteiger partial charge on any atom is 0.163 e. The Balaban J connectivity index is 2.73. The molecule has 88 valence electrons. The van der Waals surface area contributed by atoms with Gasteiger partial charge in [-0.2, -0.15) is 0 Å². The summed E-state index contributed by atoms with van der Waals surface area (Å²) in [5.41, 5.74) is 1.29. The van der Waals surface area contributed by atoms with Crippen LogP contribution in [0.2, 0.25) is 0 Å². The summed E-state index contributed by atoms with van der Waals surface area (Å²) in [7, 11) is 1.62. The van der Waals surface area contributed by atoms with Crippen LogP contribution in [0.4, 0.5) is 4.39 Å². The average molecular weight is 224 g/mol. The smallest absolute Gasteiger partial charge is 0.163 e. The predicted octanol–water partition coefficient (Wildman–Crippen LogP) is 2.99. The van der Waals surface area contributed by atoms with Gasteiger partial charge < -0.3 is 4.74 Å². The zero-order valence-electron chi connectivity index (χ0n) is 9.92. The number of Topliss-reactive ketones (excluding diaryl/α,β-unsaturated/α-hetero) is 1. The Morgan fingerprint density at radius 2 is 2.19 bits per heavy atom. The first-order valence-electron chi connectivity index (χ1n) is 5.33. The molecule has 0 amide bonds. The van der Waals surface area contributed by atoms with Crippen molar-refractivity contribution in [2.45, 2.75) is 20.3 Å². The van der Waals surface area contributed by atoms with Crippen LogP contribution >= 0.6 is 0 Å². The van der Waals surface area contributed by atoms with Gasteiger partial charge in [-0.1, -0.05) is 6.92 Å². The van der Waals surface area contributed by atoms with Gasteiger partial charge in [-0.25, -0.2) is 4.39 Å². The fourth-order valence-corrected chi connectivity index (χ4v) is 1.71. The van der Waals surface area contributed by atoms with E-state index in [9.17, 15) is 9.18 Å². The minimum absolute atomic E-state index is 0.0436. The zero-order valence-corrected chi connectivity index (χ0v) is 9.92. The highest BCUT2D eigenvalue weighted by Crippen LogP contribution is 2.15. The number of carbonyl (C=O) groups excluding carboxylic acids is 1. The molecule has 0 bridgehead atoms. The first-order valence-corrected chi connectivity index (χ1v) is 5.33. The minimum atomic E-state index is -0.306. The van der Waals surface area contributed by atoms with Crippen LogP contribution in [0.1, 0.15) is 29.3 Å². The molecule has 0 aromatic heterocycles. The van der Waals surface area contributed by atoms with Crippen LogP contribution in [0.15, 0.2) is 18.2 Å². The third kappa shape index (κ3) is 3.42. The van der Waals surface area contributed by atoms with E-state index in [1.54, 1.807) is 20.1 Å². The summed E-state index contributed by atoms with van der Waals surface area (Å²) in [5.74, 6) is -0.0806. The number of carbonyl (C=O) groups is 1. The van der Waals surface area contributed by atoms with Crippen molar-refractivity contribution < 1.29 is 13.9 Å². The SMILES string of the molecule is COCC(C)CC(=O)c1ccc(F)cc1C. The van der Waals surface area contributed by atoms with Crippen molar-refractivity contribution in [2.75, 3.05) is 13.7 Å². The van der Waals surface area contributed by atoms with E-state index in [2.05, 4.69) is 0 Å². The lowest BCUT2D eigenvalue weighted by Crippen LogP contribution is -2.11. The van der Waals surface area contributed by atoms with E-state index in [-0.39, 0.29) is 17.5 Å². The van der Waals surface area contributed by atoms with Crippen molar-refractivity contribution in [3.8, 4) is 0 Å². The molecule has 0 spiro atoms. The lowest BCUT2D eigenvalue weighted by Gasteiger charge is -2.10. The van der Waals surface area contributed by atoms with E-state index in [0.717, 1.165) is 0 Å². The second kappa shape index (κ2) is 5.75. The molecule has 0 radical (unpaired) electrons. The van der Waals surface area contributed by atoms with Crippen LogP contribution < -0.4 is 0 Å². The number of halogens is 1. The topological polar surface area (TPSA) is 26.3 Å². The molecule has 1 atom stereocenters. The van der Waals surface area contributed by atoms with Crippen LogP contribution in [0.3, 0.4) is 0 Å². The molecular formula is C13H17FO2. The Hall–Kier alpha value is -1.22. The van der Waals surface area contributed by atoms with Gasteiger partial charge in [0.05, 0.1) is 0 Å². The molecule has 1 unspecified atom stereocenters. The maximum atomic E-state index is 12.9. The van der Waals surface area contributed by atoms with Crippen LogP contribution in [0.5, 0.6) is 0 Å². The minimum Gasteiger partial charge on any atom is -0.384 e. The molecule has 0 aliphatic rings. The molecule has 2 nitrogen and oxygen atoms in total. The van der Waals surface area contributed by atoms with Crippen molar-refractivity contribution in [3.05, 3.63) is 35.1 Å². The van der Waals surface area contributed by atoms with Crippen LogP contribution in [0, 0.1) is 18.7 Å². The second-order valence-corrected chi connectivity index (χ2v) is 4.15. The van der Waals surface area contributed by atoms with Gasteiger partial charge in [0.15, 0.2) is 5.78 Å². The Labute approximate surface area is 95.4 Å². The highest BCUT2D eigenvalue weighted by molar-refractivity contribution is 5.97. The second-order valence-electron chi connectivity index (χ2n) is 4.15. The van der Waals surface area contributed by atoms with E-state index in [1.807, 2.05) is 6.92 Å². The zero-order chi connectivity index (χ0) is 12.1. The molecule has 0 aliphatic carbocycles. The molecule has 3 heteroatoms. The number of benzene rings is 1. The Morgan fingerprint density at radius 3 is 2.75 bits per heavy atom. The van der Waals surface area contributed by atoms with Gasteiger partial charge in [0.1, 0.15) is 5.82 Å². The number of rotatable bonds is 5. The predicted molar refractivity (Wildman–Crippen MR) is 61.1 cm³/mol. The molecule has 0 saturated heterocycles. The van der Waals surface area contributed by atoms with Crippen LogP contribution in [-0.4, -0.2) is 19.5 Å². The van der Waals surface area contributed by atoms with Crippen molar-refractivity contribution >= 4 is 5.78 Å². The number of ether oxygens (including phenoxy) is 1. The number of hydrogen-bond donors (Lipinski definition) is 0. The van der Waals surface area contributed by atoms with Crippen molar-refractivity contribution in [3.63, 3.8) is 0 Å². The van der Waals surface area contributed by atoms with Gasteiger partial charge in [-0.15, -0.1) is 0 Å². The molecule has 1 rings (SSSR count). The summed E-state index contributed by atoms with van der Waals surface area (Å²) in [6.45, 7) is 4.27. The Morgan fingerprint density at radius 1 is 1.50 bits per heavy atom. The maximum absolute atomic E-state index is 12.9. The molecule has 1 aromatic rings. The number of aryl methyl sites for hydroxylation is 1. The van der Waals surface area contributed by atoms with E-state index in [4.69, 9.17) is 4.74 Å². The summed E-state index contributed by atoms with van der Waals surface area (Å²) < 4.78 is 17.8. The monoisotopic (exact) mass is 224 g/mol. The van der Waals surface area contributed by atoms with Gasteiger partial charge in [0.25, 0.3) is 0 Å². The summed E-state index contributed by atoms with van der Waals surface area (Å²) in [6, 6.07) is 4.25. The molecule has 0 saturated carbocycles. The molecule has 1 aromatic carbocycles. The molecule has 0 aliphatic heterocycles. The van der Waals surface area contributed by atoms with Crippen molar-refractivity contribution in [1.82, 2.24) is 0 Å². The standard InChI is InChI=1S/C13H17FO2/c1-9(8-16-3)6-13(15)12-5-4-11(14)7-10(12)2/h4-5,7,9H,6,8H2,1-3H3. The van der Waals surface area contributed by atoms with Gasteiger partial charge in [0, 0.05) is 25.7 Å². The van der Waals surface area contributed by atoms with Gasteiger partial charge in [-0.3, -0.25) is 4.79 Å². The fraction of sp³-hybridized carbons (Fsp3) is 0.462. The molecule has 0 heterocycles. The Bertz CT molecular complexity index is 374.